The fraction of sp³-hybridized carbons (Fsp3) is 0. The van der Waals surface area contributed by atoms with Crippen molar-refractivity contribution >= 4 is 110 Å². The molecule has 5 heterocycles. The van der Waals surface area contributed by atoms with Crippen molar-refractivity contribution in [3.63, 3.8) is 0 Å². The van der Waals surface area contributed by atoms with Crippen LogP contribution in [0, 0.1) is 45.3 Å². The summed E-state index contributed by atoms with van der Waals surface area (Å²) in [7, 11) is 0. The number of aromatic nitrogens is 2. The predicted molar refractivity (Wildman–Crippen MR) is 151 cm³/mol. The summed E-state index contributed by atoms with van der Waals surface area (Å²) < 4.78 is 11.4. The van der Waals surface area contributed by atoms with Crippen LogP contribution < -0.4 is 0 Å². The van der Waals surface area contributed by atoms with Crippen molar-refractivity contribution in [2.24, 2.45) is 9.98 Å². The first-order valence-electron chi connectivity index (χ1n) is 10.2. The van der Waals surface area contributed by atoms with E-state index in [1.54, 1.807) is 59.1 Å². The molecule has 37 heavy (non-hydrogen) atoms. The maximum atomic E-state index is 9.00. The molecule has 0 aliphatic heterocycles. The predicted octanol–water partition coefficient (Wildman–Crippen LogP) is 7.82. The van der Waals surface area contributed by atoms with Gasteiger partial charge in [-0.1, -0.05) is 0 Å². The first-order chi connectivity index (χ1) is 18.1. The lowest BCUT2D eigenvalue weighted by Gasteiger charge is -1.93. The van der Waals surface area contributed by atoms with Crippen LogP contribution >= 0.6 is 57.1 Å². The molecule has 6 aromatic rings. The van der Waals surface area contributed by atoms with Gasteiger partial charge in [-0.25, -0.2) is 9.98 Å². The lowest BCUT2D eigenvalue weighted by atomic mass is 10.1. The van der Waals surface area contributed by atoms with Crippen LogP contribution in [0.1, 0.15) is 0 Å². The van der Waals surface area contributed by atoms with Crippen molar-refractivity contribution < 1.29 is 0 Å². The Kier molecular flexibility index (Phi) is 5.78. The van der Waals surface area contributed by atoms with Crippen molar-refractivity contribution in [1.29, 1.82) is 21.0 Å². The maximum absolute atomic E-state index is 9.00. The van der Waals surface area contributed by atoms with Crippen LogP contribution in [0.2, 0.25) is 0 Å². The third-order valence-electron chi connectivity index (χ3n) is 5.21. The van der Waals surface area contributed by atoms with Crippen molar-refractivity contribution in [3.05, 3.63) is 36.4 Å². The van der Waals surface area contributed by atoms with E-state index in [1.165, 1.54) is 34.4 Å². The van der Waals surface area contributed by atoms with Gasteiger partial charge < -0.3 is 0 Å². The van der Waals surface area contributed by atoms with E-state index in [-0.39, 0.29) is 11.4 Å². The normalized spacial score (nSPS) is 10.6. The number of hydrogen-bond donors (Lipinski definition) is 0. The Morgan fingerprint density at radius 1 is 0.595 bits per heavy atom. The van der Waals surface area contributed by atoms with Gasteiger partial charge in [-0.3, -0.25) is 0 Å². The van der Waals surface area contributed by atoms with E-state index < -0.39 is 0 Å². The molecule has 0 saturated carbocycles. The van der Waals surface area contributed by atoms with E-state index in [1.807, 2.05) is 12.1 Å². The molecule has 0 radical (unpaired) electrons. The number of benzene rings is 1. The van der Waals surface area contributed by atoms with E-state index in [9.17, 15) is 0 Å². The smallest absolute Gasteiger partial charge is 0.216 e. The monoisotopic (exact) mass is 566 g/mol. The van der Waals surface area contributed by atoms with Gasteiger partial charge in [-0.15, -0.1) is 45.3 Å². The van der Waals surface area contributed by atoms with Crippen LogP contribution in [0.15, 0.2) is 46.4 Å². The number of nitriles is 4. The SMILES string of the molecule is N#CC(C#N)=Nc1ccc(-c2cc3c4nsnc4c4cc(-c5ccc(N=C(C#N)C#N)s5)sc4c3s2)s1. The highest BCUT2D eigenvalue weighted by molar-refractivity contribution is 7.33. The summed E-state index contributed by atoms with van der Waals surface area (Å²) in [4.78, 5) is 12.3. The Morgan fingerprint density at radius 2 is 1.03 bits per heavy atom. The molecule has 0 bridgehead atoms. The highest BCUT2D eigenvalue weighted by Crippen LogP contribution is 2.49. The second-order valence-electron chi connectivity index (χ2n) is 7.31. The number of fused-ring (bicyclic) bond motifs is 6. The highest BCUT2D eigenvalue weighted by Gasteiger charge is 2.20. The average molecular weight is 567 g/mol. The van der Waals surface area contributed by atoms with Crippen LogP contribution in [0.3, 0.4) is 0 Å². The lowest BCUT2D eigenvalue weighted by molar-refractivity contribution is 1.51. The van der Waals surface area contributed by atoms with Gasteiger partial charge >= 0.3 is 0 Å². The zero-order valence-electron chi connectivity index (χ0n) is 18.1. The number of thiophene rings is 4. The number of rotatable bonds is 4. The van der Waals surface area contributed by atoms with Gasteiger partial charge in [-0.2, -0.15) is 29.8 Å². The van der Waals surface area contributed by atoms with E-state index in [2.05, 4.69) is 30.9 Å². The van der Waals surface area contributed by atoms with E-state index in [0.29, 0.717) is 10.0 Å². The largest absolute Gasteiger partial charge is 0.219 e. The molecule has 0 atom stereocenters. The number of hydrogen-bond acceptors (Lipinski definition) is 13. The molecular weight excluding hydrogens is 561 g/mol. The molecule has 1 aromatic carbocycles. The molecule has 172 valence electrons. The second kappa shape index (κ2) is 9.27. The van der Waals surface area contributed by atoms with Crippen LogP contribution in [-0.4, -0.2) is 20.2 Å². The zero-order chi connectivity index (χ0) is 25.5. The minimum Gasteiger partial charge on any atom is -0.216 e. The summed E-state index contributed by atoms with van der Waals surface area (Å²) in [6.07, 6.45) is 0. The molecule has 0 saturated heterocycles. The Balaban J connectivity index is 1.49. The fourth-order valence-corrected chi connectivity index (χ4v) is 8.65. The fourth-order valence-electron chi connectivity index (χ4n) is 3.67. The van der Waals surface area contributed by atoms with E-state index >= 15 is 0 Å². The second-order valence-corrected chi connectivity index (χ2v) is 12.1. The Bertz CT molecular complexity index is 1920. The average Bonchev–Trinajstić information content (AvgIpc) is 3.72. The molecule has 5 aromatic heterocycles. The molecule has 0 aliphatic carbocycles. The number of nitrogens with zero attached hydrogens (tertiary/aromatic N) is 8. The standard InChI is InChI=1S/C24H6N8S5/c25-7-11(8-26)29-19-3-1-15(33-19)17-5-13-21-22(32-37-31-21)14-6-18(36-24(14)23(13)35-17)16-2-4-20(34-16)30-12(9-27)10-28/h1-6H. The van der Waals surface area contributed by atoms with Gasteiger partial charge in [0.1, 0.15) is 45.3 Å². The summed E-state index contributed by atoms with van der Waals surface area (Å²) in [5, 5.41) is 39.2. The maximum Gasteiger partial charge on any atom is 0.219 e. The molecule has 0 amide bonds. The topological polar surface area (TPSA) is 146 Å². The summed E-state index contributed by atoms with van der Waals surface area (Å²) in [6.45, 7) is 0. The molecule has 6 rings (SSSR count). The van der Waals surface area contributed by atoms with Gasteiger partial charge in [0.25, 0.3) is 0 Å². The minimum absolute atomic E-state index is 0.174. The molecule has 0 spiro atoms. The summed E-state index contributed by atoms with van der Waals surface area (Å²) in [5.74, 6) is 0. The highest BCUT2D eigenvalue weighted by atomic mass is 32.1. The lowest BCUT2D eigenvalue weighted by Crippen LogP contribution is -1.84. The molecular formula is C24H6N8S5. The quantitative estimate of drug-likeness (QED) is 0.199. The van der Waals surface area contributed by atoms with Crippen LogP contribution in [0.5, 0.6) is 0 Å². The first kappa shape index (κ1) is 23.1. The van der Waals surface area contributed by atoms with Gasteiger partial charge in [0.05, 0.1) is 21.1 Å². The van der Waals surface area contributed by atoms with Gasteiger partial charge in [-0.05, 0) is 36.4 Å². The van der Waals surface area contributed by atoms with Crippen molar-refractivity contribution in [2.45, 2.75) is 0 Å². The van der Waals surface area contributed by atoms with Crippen molar-refractivity contribution in [3.8, 4) is 43.8 Å². The molecule has 0 aliphatic rings. The Labute approximate surface area is 228 Å². The van der Waals surface area contributed by atoms with Crippen molar-refractivity contribution in [2.75, 3.05) is 0 Å². The Hall–Kier alpha value is -4.34. The van der Waals surface area contributed by atoms with Gasteiger partial charge in [0.15, 0.2) is 0 Å². The summed E-state index contributed by atoms with van der Waals surface area (Å²) in [5.41, 5.74) is 1.36. The third kappa shape index (κ3) is 3.98. The third-order valence-corrected chi connectivity index (χ3v) is 10.5. The molecule has 0 fully saturated rings. The zero-order valence-corrected chi connectivity index (χ0v) is 22.2. The number of aliphatic imine (C=N–C) groups is 2. The van der Waals surface area contributed by atoms with Crippen LogP contribution in [0.4, 0.5) is 10.0 Å². The molecule has 8 nitrogen and oxygen atoms in total. The minimum atomic E-state index is -0.174. The Morgan fingerprint density at radius 3 is 1.43 bits per heavy atom. The van der Waals surface area contributed by atoms with Crippen molar-refractivity contribution in [1.82, 2.24) is 8.75 Å². The van der Waals surface area contributed by atoms with Crippen LogP contribution in [-0.2, 0) is 0 Å². The van der Waals surface area contributed by atoms with E-state index in [0.717, 1.165) is 50.7 Å². The molecule has 0 N–H and O–H groups in total. The summed E-state index contributed by atoms with van der Waals surface area (Å²) >= 11 is 7.34. The molecule has 0 unspecified atom stereocenters. The first-order valence-corrected chi connectivity index (χ1v) is 14.2. The van der Waals surface area contributed by atoms with E-state index in [4.69, 9.17) is 21.0 Å². The van der Waals surface area contributed by atoms with Crippen LogP contribution in [0.25, 0.3) is 50.7 Å². The molecule has 13 heteroatoms. The van der Waals surface area contributed by atoms with Gasteiger partial charge in [0, 0.05) is 30.3 Å². The van der Waals surface area contributed by atoms with Gasteiger partial charge in [0.2, 0.25) is 11.4 Å². The summed E-state index contributed by atoms with van der Waals surface area (Å²) in [6, 6.07) is 18.9.